The van der Waals surface area contributed by atoms with Crippen molar-refractivity contribution in [1.29, 1.82) is 5.26 Å². The van der Waals surface area contributed by atoms with Gasteiger partial charge < -0.3 is 10.4 Å². The first-order chi connectivity index (χ1) is 11.4. The van der Waals surface area contributed by atoms with Crippen LogP contribution in [0, 0.1) is 25.2 Å². The van der Waals surface area contributed by atoms with Crippen LogP contribution in [0.3, 0.4) is 0 Å². The third-order valence-electron chi connectivity index (χ3n) is 3.79. The number of nitrogens with one attached hydrogen (secondary N) is 1. The number of phenols is 1. The zero-order valence-electron chi connectivity index (χ0n) is 14.0. The molecule has 1 atom stereocenters. The first-order valence-electron chi connectivity index (χ1n) is 7.69. The number of amides is 1. The number of carbonyl (C=O) groups excluding carboxylic acids is 1. The Balaban J connectivity index is 2.19. The summed E-state index contributed by atoms with van der Waals surface area (Å²) in [4.78, 5) is 12.4. The number of rotatable bonds is 4. The van der Waals surface area contributed by atoms with Gasteiger partial charge >= 0.3 is 0 Å². The fourth-order valence-electron chi connectivity index (χ4n) is 2.59. The molecule has 0 aliphatic carbocycles. The third kappa shape index (κ3) is 4.23. The molecule has 1 amide bonds. The topological polar surface area (TPSA) is 73.1 Å². The molecule has 0 spiro atoms. The Morgan fingerprint density at radius 1 is 1.25 bits per heavy atom. The first kappa shape index (κ1) is 17.3. The van der Waals surface area contributed by atoms with Crippen molar-refractivity contribution in [3.05, 3.63) is 70.3 Å². The Labute approximate surface area is 142 Å². The average molecular weight is 320 g/mol. The second-order valence-corrected chi connectivity index (χ2v) is 5.82. The molecule has 0 radical (unpaired) electrons. The van der Waals surface area contributed by atoms with Gasteiger partial charge in [0.25, 0.3) is 5.91 Å². The summed E-state index contributed by atoms with van der Waals surface area (Å²) in [6, 6.07) is 14.2. The third-order valence-corrected chi connectivity index (χ3v) is 3.79. The van der Waals surface area contributed by atoms with Gasteiger partial charge in [-0.15, -0.1) is 0 Å². The van der Waals surface area contributed by atoms with Crippen LogP contribution in [0.15, 0.2) is 48.0 Å². The van der Waals surface area contributed by atoms with Crippen molar-refractivity contribution in [3.63, 3.8) is 0 Å². The van der Waals surface area contributed by atoms with Gasteiger partial charge in [0.15, 0.2) is 0 Å². The minimum absolute atomic E-state index is 0.00258. The zero-order chi connectivity index (χ0) is 17.7. The van der Waals surface area contributed by atoms with Crippen LogP contribution in [0.2, 0.25) is 0 Å². The molecule has 0 fully saturated rings. The number of hydrogen-bond acceptors (Lipinski definition) is 3. The summed E-state index contributed by atoms with van der Waals surface area (Å²) in [5.41, 5.74) is 3.87. The van der Waals surface area contributed by atoms with E-state index in [-0.39, 0.29) is 17.4 Å². The molecule has 1 unspecified atom stereocenters. The highest BCUT2D eigenvalue weighted by atomic mass is 16.3. The van der Waals surface area contributed by atoms with E-state index in [2.05, 4.69) is 11.4 Å². The molecule has 0 saturated heterocycles. The zero-order valence-corrected chi connectivity index (χ0v) is 14.0. The van der Waals surface area contributed by atoms with Gasteiger partial charge in [0.1, 0.15) is 17.4 Å². The number of hydrogen-bond donors (Lipinski definition) is 2. The summed E-state index contributed by atoms with van der Waals surface area (Å²) in [5, 5.41) is 21.6. The summed E-state index contributed by atoms with van der Waals surface area (Å²) in [5.74, 6) is -0.349. The second kappa shape index (κ2) is 7.47. The molecule has 2 aromatic rings. The Kier molecular flexibility index (Phi) is 5.39. The predicted molar refractivity (Wildman–Crippen MR) is 94.2 cm³/mol. The minimum Gasteiger partial charge on any atom is -0.508 e. The Hall–Kier alpha value is -3.06. The SMILES string of the molecule is Cc1ccc(C(C)NC(=O)/C(C#N)=C/c2cccc(O)c2)c(C)c1. The maximum absolute atomic E-state index is 12.4. The molecule has 0 aliphatic heterocycles. The monoisotopic (exact) mass is 320 g/mol. The maximum atomic E-state index is 12.4. The van der Waals surface area contributed by atoms with Crippen LogP contribution in [-0.2, 0) is 4.79 Å². The number of nitriles is 1. The molecule has 4 nitrogen and oxygen atoms in total. The predicted octanol–water partition coefficient (Wildman–Crippen LogP) is 3.79. The number of carbonyl (C=O) groups is 1. The van der Waals surface area contributed by atoms with Crippen LogP contribution >= 0.6 is 0 Å². The van der Waals surface area contributed by atoms with Crippen molar-refractivity contribution >= 4 is 12.0 Å². The molecule has 0 heterocycles. The van der Waals surface area contributed by atoms with Crippen LogP contribution in [0.4, 0.5) is 0 Å². The number of phenolic OH excluding ortho intramolecular Hbond substituents is 1. The van der Waals surface area contributed by atoms with Gasteiger partial charge in [-0.3, -0.25) is 4.79 Å². The van der Waals surface area contributed by atoms with Gasteiger partial charge in [-0.25, -0.2) is 0 Å². The van der Waals surface area contributed by atoms with Crippen molar-refractivity contribution in [3.8, 4) is 11.8 Å². The summed E-state index contributed by atoms with van der Waals surface area (Å²) >= 11 is 0. The Morgan fingerprint density at radius 2 is 2.00 bits per heavy atom. The van der Waals surface area contributed by atoms with Gasteiger partial charge in [-0.2, -0.15) is 5.26 Å². The van der Waals surface area contributed by atoms with Crippen molar-refractivity contribution in [1.82, 2.24) is 5.32 Å². The first-order valence-corrected chi connectivity index (χ1v) is 7.69. The highest BCUT2D eigenvalue weighted by molar-refractivity contribution is 6.01. The van der Waals surface area contributed by atoms with E-state index in [9.17, 15) is 15.2 Å². The van der Waals surface area contributed by atoms with Gasteiger partial charge in [0, 0.05) is 0 Å². The van der Waals surface area contributed by atoms with Crippen LogP contribution in [-0.4, -0.2) is 11.0 Å². The lowest BCUT2D eigenvalue weighted by Gasteiger charge is -2.17. The van der Waals surface area contributed by atoms with E-state index in [1.807, 2.05) is 39.0 Å². The summed E-state index contributed by atoms with van der Waals surface area (Å²) in [6.07, 6.45) is 1.46. The highest BCUT2D eigenvalue weighted by Crippen LogP contribution is 2.19. The van der Waals surface area contributed by atoms with E-state index in [1.165, 1.54) is 18.2 Å². The number of aromatic hydroxyl groups is 1. The van der Waals surface area contributed by atoms with Gasteiger partial charge in [-0.1, -0.05) is 35.9 Å². The summed E-state index contributed by atoms with van der Waals surface area (Å²) in [7, 11) is 0. The van der Waals surface area contributed by atoms with E-state index < -0.39 is 5.91 Å². The molecule has 2 rings (SSSR count). The van der Waals surface area contributed by atoms with Gasteiger partial charge in [0.2, 0.25) is 0 Å². The molecule has 2 aromatic carbocycles. The molecular weight excluding hydrogens is 300 g/mol. The molecule has 24 heavy (non-hydrogen) atoms. The number of aryl methyl sites for hydroxylation is 2. The Morgan fingerprint density at radius 3 is 2.62 bits per heavy atom. The second-order valence-electron chi connectivity index (χ2n) is 5.82. The molecule has 2 N–H and O–H groups in total. The van der Waals surface area contributed by atoms with E-state index >= 15 is 0 Å². The normalized spacial score (nSPS) is 12.3. The lowest BCUT2D eigenvalue weighted by Crippen LogP contribution is -2.28. The lowest BCUT2D eigenvalue weighted by atomic mass is 10.00. The molecular formula is C20H20N2O2. The maximum Gasteiger partial charge on any atom is 0.262 e. The molecule has 4 heteroatoms. The van der Waals surface area contributed by atoms with Crippen LogP contribution < -0.4 is 5.32 Å². The number of benzene rings is 2. The van der Waals surface area contributed by atoms with E-state index in [0.29, 0.717) is 5.56 Å². The molecule has 122 valence electrons. The molecule has 0 bridgehead atoms. The van der Waals surface area contributed by atoms with E-state index in [0.717, 1.165) is 16.7 Å². The lowest BCUT2D eigenvalue weighted by molar-refractivity contribution is -0.117. The van der Waals surface area contributed by atoms with Crippen molar-refractivity contribution in [2.75, 3.05) is 0 Å². The quantitative estimate of drug-likeness (QED) is 0.665. The Bertz CT molecular complexity index is 832. The summed E-state index contributed by atoms with van der Waals surface area (Å²) < 4.78 is 0. The van der Waals surface area contributed by atoms with Crippen LogP contribution in [0.5, 0.6) is 5.75 Å². The highest BCUT2D eigenvalue weighted by Gasteiger charge is 2.15. The molecule has 0 aliphatic rings. The standard InChI is InChI=1S/C20H20N2O2/c1-13-7-8-19(14(2)9-13)15(3)22-20(24)17(12-21)10-16-5-4-6-18(23)11-16/h4-11,15,23H,1-3H3,(H,22,24)/b17-10+. The minimum atomic E-state index is -0.437. The van der Waals surface area contributed by atoms with Crippen LogP contribution in [0.25, 0.3) is 6.08 Å². The van der Waals surface area contributed by atoms with E-state index in [4.69, 9.17) is 0 Å². The fraction of sp³-hybridized carbons (Fsp3) is 0.200. The fourth-order valence-corrected chi connectivity index (χ4v) is 2.59. The summed E-state index contributed by atoms with van der Waals surface area (Å²) in [6.45, 7) is 5.91. The van der Waals surface area contributed by atoms with Crippen molar-refractivity contribution < 1.29 is 9.90 Å². The van der Waals surface area contributed by atoms with Crippen molar-refractivity contribution in [2.45, 2.75) is 26.8 Å². The van der Waals surface area contributed by atoms with Crippen molar-refractivity contribution in [2.24, 2.45) is 0 Å². The van der Waals surface area contributed by atoms with Gasteiger partial charge in [-0.05, 0) is 55.7 Å². The smallest absolute Gasteiger partial charge is 0.262 e. The molecule has 0 saturated carbocycles. The average Bonchev–Trinajstić information content (AvgIpc) is 2.52. The van der Waals surface area contributed by atoms with E-state index in [1.54, 1.807) is 12.1 Å². The largest absolute Gasteiger partial charge is 0.508 e. The number of nitrogens with zero attached hydrogens (tertiary/aromatic N) is 1. The van der Waals surface area contributed by atoms with Gasteiger partial charge in [0.05, 0.1) is 6.04 Å². The molecule has 0 aromatic heterocycles. The van der Waals surface area contributed by atoms with Crippen LogP contribution in [0.1, 0.15) is 35.2 Å².